The van der Waals surface area contributed by atoms with E-state index in [4.69, 9.17) is 5.11 Å². The van der Waals surface area contributed by atoms with Gasteiger partial charge >= 0.3 is 12.0 Å². The molecule has 1 aromatic heterocycles. The van der Waals surface area contributed by atoms with E-state index in [0.29, 0.717) is 11.7 Å². The Balaban J connectivity index is 1.84. The number of carboxylic acid groups (broad SMARTS) is 1. The maximum Gasteiger partial charge on any atom is 0.347 e. The number of anilines is 1. The SMILES string of the molecule is O=C(O)c1cnc(N2C[C@@H]3CCCCN3C2=O)s1. The van der Waals surface area contributed by atoms with Crippen LogP contribution in [0, 0.1) is 0 Å². The summed E-state index contributed by atoms with van der Waals surface area (Å²) in [6.45, 7) is 1.43. The van der Waals surface area contributed by atoms with Crippen LogP contribution in [0.2, 0.25) is 0 Å². The van der Waals surface area contributed by atoms with Crippen LogP contribution >= 0.6 is 11.3 Å². The summed E-state index contributed by atoms with van der Waals surface area (Å²) in [6, 6.07) is 0.231. The van der Waals surface area contributed by atoms with Gasteiger partial charge in [-0.05, 0) is 19.3 Å². The third kappa shape index (κ3) is 1.74. The van der Waals surface area contributed by atoms with Gasteiger partial charge in [0.2, 0.25) is 0 Å². The fourth-order valence-electron chi connectivity index (χ4n) is 2.53. The molecule has 0 aliphatic carbocycles. The number of hydrogen-bond acceptors (Lipinski definition) is 4. The largest absolute Gasteiger partial charge is 0.477 e. The van der Waals surface area contributed by atoms with Gasteiger partial charge in [-0.2, -0.15) is 0 Å². The normalized spacial score (nSPS) is 23.3. The summed E-state index contributed by atoms with van der Waals surface area (Å²) in [5.74, 6) is -0.997. The van der Waals surface area contributed by atoms with Crippen molar-refractivity contribution in [3.8, 4) is 0 Å². The van der Waals surface area contributed by atoms with E-state index >= 15 is 0 Å². The van der Waals surface area contributed by atoms with Crippen molar-refractivity contribution in [2.75, 3.05) is 18.0 Å². The first-order valence-electron chi connectivity index (χ1n) is 5.94. The van der Waals surface area contributed by atoms with Crippen molar-refractivity contribution in [3.63, 3.8) is 0 Å². The number of fused-ring (bicyclic) bond motifs is 1. The maximum absolute atomic E-state index is 12.2. The van der Waals surface area contributed by atoms with Crippen molar-refractivity contribution in [2.45, 2.75) is 25.3 Å². The molecule has 0 spiro atoms. The minimum absolute atomic E-state index is 0.0361. The Bertz CT molecular complexity index is 501. The number of hydrogen-bond donors (Lipinski definition) is 1. The van der Waals surface area contributed by atoms with Crippen LogP contribution in [0.1, 0.15) is 28.9 Å². The van der Waals surface area contributed by atoms with Gasteiger partial charge in [-0.3, -0.25) is 4.90 Å². The zero-order chi connectivity index (χ0) is 12.7. The molecule has 3 rings (SSSR count). The van der Waals surface area contributed by atoms with Gasteiger partial charge in [-0.15, -0.1) is 0 Å². The van der Waals surface area contributed by atoms with E-state index in [2.05, 4.69) is 4.98 Å². The number of carboxylic acids is 1. The first kappa shape index (κ1) is 11.5. The average Bonchev–Trinajstić information content (AvgIpc) is 2.95. The highest BCUT2D eigenvalue weighted by Crippen LogP contribution is 2.31. The molecule has 96 valence electrons. The number of aromatic carboxylic acids is 1. The molecule has 18 heavy (non-hydrogen) atoms. The summed E-state index contributed by atoms with van der Waals surface area (Å²) < 4.78 is 0. The first-order valence-corrected chi connectivity index (χ1v) is 6.76. The van der Waals surface area contributed by atoms with Gasteiger partial charge in [-0.25, -0.2) is 14.6 Å². The molecule has 0 saturated carbocycles. The Morgan fingerprint density at radius 2 is 2.33 bits per heavy atom. The summed E-state index contributed by atoms with van der Waals surface area (Å²) in [7, 11) is 0. The molecular formula is C11H13N3O3S. The number of aromatic nitrogens is 1. The minimum atomic E-state index is -0.997. The van der Waals surface area contributed by atoms with E-state index in [1.54, 1.807) is 4.90 Å². The van der Waals surface area contributed by atoms with Crippen LogP contribution in [0.3, 0.4) is 0 Å². The maximum atomic E-state index is 12.2. The van der Waals surface area contributed by atoms with Crippen LogP contribution in [-0.4, -0.2) is 46.1 Å². The van der Waals surface area contributed by atoms with E-state index in [0.717, 1.165) is 37.1 Å². The zero-order valence-corrected chi connectivity index (χ0v) is 10.5. The quantitative estimate of drug-likeness (QED) is 0.884. The minimum Gasteiger partial charge on any atom is -0.477 e. The molecule has 2 saturated heterocycles. The fraction of sp³-hybridized carbons (Fsp3) is 0.545. The molecule has 1 atom stereocenters. The molecule has 7 heteroatoms. The third-order valence-electron chi connectivity index (χ3n) is 3.43. The van der Waals surface area contributed by atoms with Crippen LogP contribution in [0.4, 0.5) is 9.93 Å². The van der Waals surface area contributed by atoms with E-state index < -0.39 is 5.97 Å². The van der Waals surface area contributed by atoms with Crippen molar-refractivity contribution in [3.05, 3.63) is 11.1 Å². The molecule has 2 aliphatic rings. The Morgan fingerprint density at radius 3 is 3.00 bits per heavy atom. The molecule has 0 aromatic carbocycles. The highest BCUT2D eigenvalue weighted by atomic mass is 32.1. The predicted molar refractivity (Wildman–Crippen MR) is 66.2 cm³/mol. The first-order chi connectivity index (χ1) is 8.66. The van der Waals surface area contributed by atoms with E-state index in [1.807, 2.05) is 4.90 Å². The van der Waals surface area contributed by atoms with Crippen molar-refractivity contribution in [1.82, 2.24) is 9.88 Å². The van der Waals surface area contributed by atoms with Crippen molar-refractivity contribution in [1.29, 1.82) is 0 Å². The predicted octanol–water partition coefficient (Wildman–Crippen LogP) is 1.64. The number of piperidine rings is 1. The lowest BCUT2D eigenvalue weighted by molar-refractivity contribution is 0.0702. The van der Waals surface area contributed by atoms with Gasteiger partial charge in [0.15, 0.2) is 5.13 Å². The smallest absolute Gasteiger partial charge is 0.347 e. The van der Waals surface area contributed by atoms with E-state index in [-0.39, 0.29) is 17.0 Å². The van der Waals surface area contributed by atoms with Crippen molar-refractivity contribution < 1.29 is 14.7 Å². The molecule has 3 heterocycles. The molecule has 1 N–H and O–H groups in total. The summed E-state index contributed by atoms with van der Waals surface area (Å²) in [5, 5.41) is 9.36. The van der Waals surface area contributed by atoms with Crippen molar-refractivity contribution >= 4 is 28.5 Å². The number of nitrogens with zero attached hydrogens (tertiary/aromatic N) is 3. The van der Waals surface area contributed by atoms with Crippen LogP contribution in [0.15, 0.2) is 6.20 Å². The average molecular weight is 267 g/mol. The van der Waals surface area contributed by atoms with Gasteiger partial charge in [0, 0.05) is 6.54 Å². The molecule has 0 radical (unpaired) electrons. The fourth-order valence-corrected chi connectivity index (χ4v) is 3.29. The van der Waals surface area contributed by atoms with E-state index in [9.17, 15) is 9.59 Å². The molecule has 0 unspecified atom stereocenters. The second-order valence-electron chi connectivity index (χ2n) is 4.55. The van der Waals surface area contributed by atoms with Gasteiger partial charge in [0.25, 0.3) is 0 Å². The van der Waals surface area contributed by atoms with Gasteiger partial charge in [-0.1, -0.05) is 11.3 Å². The Labute approximate surface area is 108 Å². The number of amides is 2. The number of carbonyl (C=O) groups excluding carboxylic acids is 1. The van der Waals surface area contributed by atoms with E-state index in [1.165, 1.54) is 6.20 Å². The molecule has 6 nitrogen and oxygen atoms in total. The number of urea groups is 1. The molecular weight excluding hydrogens is 254 g/mol. The molecule has 2 fully saturated rings. The Hall–Kier alpha value is -1.63. The highest BCUT2D eigenvalue weighted by molar-refractivity contribution is 7.17. The summed E-state index contributed by atoms with van der Waals surface area (Å²) >= 11 is 1.06. The molecule has 0 bridgehead atoms. The van der Waals surface area contributed by atoms with Crippen LogP contribution in [-0.2, 0) is 0 Å². The number of rotatable bonds is 2. The number of thiazole rings is 1. The van der Waals surface area contributed by atoms with Crippen LogP contribution in [0.25, 0.3) is 0 Å². The molecule has 2 aliphatic heterocycles. The lowest BCUT2D eigenvalue weighted by atomic mass is 10.0. The highest BCUT2D eigenvalue weighted by Gasteiger charge is 2.40. The Kier molecular flexibility index (Phi) is 2.70. The van der Waals surface area contributed by atoms with Crippen LogP contribution in [0.5, 0.6) is 0 Å². The lowest BCUT2D eigenvalue weighted by Gasteiger charge is -2.27. The van der Waals surface area contributed by atoms with Gasteiger partial charge < -0.3 is 10.0 Å². The van der Waals surface area contributed by atoms with Crippen LogP contribution < -0.4 is 4.90 Å². The topological polar surface area (TPSA) is 73.7 Å². The third-order valence-corrected chi connectivity index (χ3v) is 4.44. The van der Waals surface area contributed by atoms with Gasteiger partial charge in [0.1, 0.15) is 4.88 Å². The molecule has 2 amide bonds. The summed E-state index contributed by atoms with van der Waals surface area (Å²) in [4.78, 5) is 30.7. The molecule has 1 aromatic rings. The lowest BCUT2D eigenvalue weighted by Crippen LogP contribution is -2.38. The second kappa shape index (κ2) is 4.24. The summed E-state index contributed by atoms with van der Waals surface area (Å²) in [6.07, 6.45) is 4.54. The van der Waals surface area contributed by atoms with Gasteiger partial charge in [0.05, 0.1) is 18.8 Å². The second-order valence-corrected chi connectivity index (χ2v) is 5.56. The zero-order valence-electron chi connectivity index (χ0n) is 9.70. The van der Waals surface area contributed by atoms with Crippen molar-refractivity contribution in [2.24, 2.45) is 0 Å². The number of carbonyl (C=O) groups is 2. The monoisotopic (exact) mass is 267 g/mol. The standard InChI is InChI=1S/C11H13N3O3S/c15-9(16)8-5-12-10(18-8)14-6-7-3-1-2-4-13(7)11(14)17/h5,7H,1-4,6H2,(H,15,16)/t7-/m0/s1. The summed E-state index contributed by atoms with van der Waals surface area (Å²) in [5.41, 5.74) is 0. The Morgan fingerprint density at radius 1 is 1.50 bits per heavy atom.